The molecule has 1 rings (SSSR count). The molecule has 0 atom stereocenters. The summed E-state index contributed by atoms with van der Waals surface area (Å²) in [6.07, 6.45) is 0.829. The van der Waals surface area contributed by atoms with E-state index in [1.165, 1.54) is 0 Å². The van der Waals surface area contributed by atoms with Gasteiger partial charge in [0.05, 0.1) is 12.2 Å². The molecule has 0 bridgehead atoms. The molecule has 0 fully saturated rings. The van der Waals surface area contributed by atoms with Gasteiger partial charge in [0.1, 0.15) is 0 Å². The Morgan fingerprint density at radius 3 is 2.47 bits per heavy atom. The van der Waals surface area contributed by atoms with Gasteiger partial charge >= 0.3 is 0 Å². The topological polar surface area (TPSA) is 38.8 Å². The van der Waals surface area contributed by atoms with Crippen LogP contribution in [0.5, 0.6) is 0 Å². The van der Waals surface area contributed by atoms with E-state index in [1.54, 1.807) is 14.2 Å². The summed E-state index contributed by atoms with van der Waals surface area (Å²) in [5, 5.41) is 0. The van der Waals surface area contributed by atoms with Crippen LogP contribution in [0.2, 0.25) is 0 Å². The van der Waals surface area contributed by atoms with Crippen LogP contribution in [0.25, 0.3) is 0 Å². The molecule has 0 radical (unpaired) electrons. The van der Waals surface area contributed by atoms with Crippen LogP contribution in [0.15, 0.2) is 24.3 Å². The average molecular weight is 377 g/mol. The van der Waals surface area contributed by atoms with Crippen LogP contribution < -0.4 is 0 Å². The van der Waals surface area contributed by atoms with E-state index in [9.17, 15) is 4.79 Å². The van der Waals surface area contributed by atoms with Crippen LogP contribution in [0.3, 0.4) is 0 Å². The fourth-order valence-corrected chi connectivity index (χ4v) is 2.34. The van der Waals surface area contributed by atoms with Gasteiger partial charge in [-0.3, -0.25) is 4.79 Å². The van der Waals surface area contributed by atoms with Gasteiger partial charge in [0, 0.05) is 37.5 Å². The van der Waals surface area contributed by atoms with E-state index in [4.69, 9.17) is 9.47 Å². The number of amides is 1. The Hall–Kier alpha value is -0.660. The molecule has 0 spiro atoms. The lowest BCUT2D eigenvalue weighted by atomic mass is 10.2. The summed E-state index contributed by atoms with van der Waals surface area (Å²) in [5.74, 6) is 0.0538. The maximum absolute atomic E-state index is 12.5. The van der Waals surface area contributed by atoms with Crippen LogP contribution in [0.4, 0.5) is 0 Å². The lowest BCUT2D eigenvalue weighted by molar-refractivity contribution is 0.0673. The summed E-state index contributed by atoms with van der Waals surface area (Å²) in [7, 11) is 3.31. The molecular formula is C14H20INO3. The van der Waals surface area contributed by atoms with Crippen molar-refractivity contribution in [3.8, 4) is 0 Å². The number of benzene rings is 1. The van der Waals surface area contributed by atoms with E-state index in [2.05, 4.69) is 22.6 Å². The highest BCUT2D eigenvalue weighted by atomic mass is 127. The molecule has 0 saturated heterocycles. The Balaban J connectivity index is 2.72. The van der Waals surface area contributed by atoms with Crippen molar-refractivity contribution in [2.24, 2.45) is 0 Å². The lowest BCUT2D eigenvalue weighted by Crippen LogP contribution is -2.35. The summed E-state index contributed by atoms with van der Waals surface area (Å²) in [6.45, 7) is 2.48. The van der Waals surface area contributed by atoms with Gasteiger partial charge in [0.2, 0.25) is 0 Å². The maximum atomic E-state index is 12.5. The fourth-order valence-electron chi connectivity index (χ4n) is 1.72. The van der Waals surface area contributed by atoms with E-state index in [0.29, 0.717) is 26.3 Å². The van der Waals surface area contributed by atoms with E-state index < -0.39 is 0 Å². The van der Waals surface area contributed by atoms with Crippen LogP contribution in [-0.2, 0) is 9.47 Å². The normalized spacial score (nSPS) is 10.5. The molecule has 5 heteroatoms. The Morgan fingerprint density at radius 2 is 1.84 bits per heavy atom. The summed E-state index contributed by atoms with van der Waals surface area (Å²) in [5.41, 5.74) is 0.747. The van der Waals surface area contributed by atoms with Crippen LogP contribution >= 0.6 is 22.6 Å². The predicted octanol–water partition coefficient (Wildman–Crippen LogP) is 2.42. The molecule has 0 saturated carbocycles. The molecule has 4 nitrogen and oxygen atoms in total. The van der Waals surface area contributed by atoms with Crippen molar-refractivity contribution in [3.05, 3.63) is 33.4 Å². The molecular weight excluding hydrogens is 357 g/mol. The van der Waals surface area contributed by atoms with Gasteiger partial charge in [0.15, 0.2) is 0 Å². The predicted molar refractivity (Wildman–Crippen MR) is 83.4 cm³/mol. The maximum Gasteiger partial charge on any atom is 0.255 e. The Kier molecular flexibility index (Phi) is 8.00. The third-order valence-corrected chi connectivity index (χ3v) is 3.67. The van der Waals surface area contributed by atoms with Crippen LogP contribution in [-0.4, -0.2) is 51.3 Å². The first-order valence-electron chi connectivity index (χ1n) is 6.22. The summed E-state index contributed by atoms with van der Waals surface area (Å²) < 4.78 is 11.1. The van der Waals surface area contributed by atoms with E-state index in [1.807, 2.05) is 29.2 Å². The number of ether oxygens (including phenoxy) is 2. The van der Waals surface area contributed by atoms with Gasteiger partial charge in [0.25, 0.3) is 5.91 Å². The minimum atomic E-state index is 0.0538. The molecule has 0 aliphatic heterocycles. The fraction of sp³-hybridized carbons (Fsp3) is 0.500. The average Bonchev–Trinajstić information content (AvgIpc) is 2.42. The third kappa shape index (κ3) is 5.46. The minimum absolute atomic E-state index is 0.0538. The Morgan fingerprint density at radius 1 is 1.16 bits per heavy atom. The molecule has 0 heterocycles. The molecule has 0 aliphatic rings. The minimum Gasteiger partial charge on any atom is -0.385 e. The first-order valence-corrected chi connectivity index (χ1v) is 7.30. The Labute approximate surface area is 128 Å². The number of rotatable bonds is 8. The van der Waals surface area contributed by atoms with Gasteiger partial charge in [-0.25, -0.2) is 0 Å². The highest BCUT2D eigenvalue weighted by molar-refractivity contribution is 14.1. The molecule has 0 aliphatic carbocycles. The number of halogens is 1. The zero-order valence-corrected chi connectivity index (χ0v) is 13.6. The van der Waals surface area contributed by atoms with Crippen molar-refractivity contribution >= 4 is 28.5 Å². The largest absolute Gasteiger partial charge is 0.385 e. The van der Waals surface area contributed by atoms with Gasteiger partial charge in [-0.05, 0) is 41.1 Å². The van der Waals surface area contributed by atoms with Crippen LogP contribution in [0.1, 0.15) is 16.8 Å². The monoisotopic (exact) mass is 377 g/mol. The molecule has 0 aromatic heterocycles. The first-order chi connectivity index (χ1) is 9.20. The number of carbonyl (C=O) groups excluding carboxylic acids is 1. The smallest absolute Gasteiger partial charge is 0.255 e. The summed E-state index contributed by atoms with van der Waals surface area (Å²) >= 11 is 2.19. The zero-order valence-electron chi connectivity index (χ0n) is 11.4. The van der Waals surface area contributed by atoms with Crippen LogP contribution in [0, 0.1) is 3.57 Å². The first kappa shape index (κ1) is 16.4. The standard InChI is InChI=1S/C14H20INO3/c1-18-10-5-8-16(9-11-19-2)14(17)12-6-3-4-7-13(12)15/h3-4,6-7H,5,8-11H2,1-2H3. The van der Waals surface area contributed by atoms with E-state index in [-0.39, 0.29) is 5.91 Å². The second-order valence-electron chi connectivity index (χ2n) is 4.11. The van der Waals surface area contributed by atoms with E-state index >= 15 is 0 Å². The highest BCUT2D eigenvalue weighted by Crippen LogP contribution is 2.14. The lowest BCUT2D eigenvalue weighted by Gasteiger charge is -2.23. The molecule has 1 aromatic carbocycles. The van der Waals surface area contributed by atoms with Crippen molar-refractivity contribution in [1.82, 2.24) is 4.90 Å². The van der Waals surface area contributed by atoms with Crippen molar-refractivity contribution in [3.63, 3.8) is 0 Å². The SMILES string of the molecule is COCCCN(CCOC)C(=O)c1ccccc1I. The second kappa shape index (κ2) is 9.28. The molecule has 19 heavy (non-hydrogen) atoms. The molecule has 0 N–H and O–H groups in total. The quantitative estimate of drug-likeness (QED) is 0.516. The molecule has 0 unspecified atom stereocenters. The number of nitrogens with zero attached hydrogens (tertiary/aromatic N) is 1. The molecule has 106 valence electrons. The number of methoxy groups -OCH3 is 2. The highest BCUT2D eigenvalue weighted by Gasteiger charge is 2.17. The Bertz CT molecular complexity index is 398. The third-order valence-electron chi connectivity index (χ3n) is 2.73. The van der Waals surface area contributed by atoms with Crippen molar-refractivity contribution in [2.45, 2.75) is 6.42 Å². The van der Waals surface area contributed by atoms with Gasteiger partial charge < -0.3 is 14.4 Å². The van der Waals surface area contributed by atoms with E-state index in [0.717, 1.165) is 15.6 Å². The van der Waals surface area contributed by atoms with Crippen molar-refractivity contribution < 1.29 is 14.3 Å². The number of hydrogen-bond acceptors (Lipinski definition) is 3. The summed E-state index contributed by atoms with van der Waals surface area (Å²) in [6, 6.07) is 7.62. The van der Waals surface area contributed by atoms with Crippen molar-refractivity contribution in [1.29, 1.82) is 0 Å². The van der Waals surface area contributed by atoms with Gasteiger partial charge in [-0.1, -0.05) is 12.1 Å². The second-order valence-corrected chi connectivity index (χ2v) is 5.27. The van der Waals surface area contributed by atoms with Gasteiger partial charge in [-0.2, -0.15) is 0 Å². The number of carbonyl (C=O) groups is 1. The zero-order chi connectivity index (χ0) is 14.1. The molecule has 1 amide bonds. The van der Waals surface area contributed by atoms with Gasteiger partial charge in [-0.15, -0.1) is 0 Å². The van der Waals surface area contributed by atoms with Crippen molar-refractivity contribution in [2.75, 3.05) is 40.5 Å². The molecule has 1 aromatic rings. The summed E-state index contributed by atoms with van der Waals surface area (Å²) in [4.78, 5) is 14.3. The number of hydrogen-bond donors (Lipinski definition) is 0.